The van der Waals surface area contributed by atoms with Crippen LogP contribution in [0.1, 0.15) is 40.1 Å². The highest BCUT2D eigenvalue weighted by Crippen LogP contribution is 2.27. The third kappa shape index (κ3) is 4.11. The predicted octanol–water partition coefficient (Wildman–Crippen LogP) is 4.28. The van der Waals surface area contributed by atoms with Gasteiger partial charge in [0.1, 0.15) is 23.9 Å². The van der Waals surface area contributed by atoms with E-state index >= 15 is 0 Å². The van der Waals surface area contributed by atoms with E-state index in [1.807, 2.05) is 13.0 Å². The van der Waals surface area contributed by atoms with Crippen LogP contribution in [0.3, 0.4) is 0 Å². The second-order valence-corrected chi connectivity index (χ2v) is 8.24. The summed E-state index contributed by atoms with van der Waals surface area (Å²) in [5.41, 5.74) is 4.26. The number of phenols is 1. The number of thiophene rings is 1. The average Bonchev–Trinajstić information content (AvgIpc) is 3.23. The number of rotatable bonds is 6. The van der Waals surface area contributed by atoms with Crippen molar-refractivity contribution in [3.05, 3.63) is 97.5 Å². The lowest BCUT2D eigenvalue weighted by Crippen LogP contribution is -2.83. The van der Waals surface area contributed by atoms with Crippen LogP contribution < -0.4 is 10.9 Å². The molecule has 0 spiro atoms. The molecule has 0 aliphatic carbocycles. The van der Waals surface area contributed by atoms with Gasteiger partial charge in [-0.25, -0.2) is 4.79 Å². The molecule has 2 aromatic carbocycles. The molecular formula is C24H24NO3S+. The number of quaternary nitrogens is 1. The second kappa shape index (κ2) is 8.23. The number of hydrogen-bond donors (Lipinski definition) is 2. The predicted molar refractivity (Wildman–Crippen MR) is 116 cm³/mol. The number of aryl methyl sites for hydroxylation is 2. The van der Waals surface area contributed by atoms with Crippen LogP contribution >= 0.6 is 11.3 Å². The fourth-order valence-corrected chi connectivity index (χ4v) is 4.51. The smallest absolute Gasteiger partial charge is 0.336 e. The molecule has 4 rings (SSSR count). The molecule has 0 radical (unpaired) electrons. The molecule has 0 saturated heterocycles. The molecule has 3 N–H and O–H groups in total. The first-order chi connectivity index (χ1) is 14.0. The van der Waals surface area contributed by atoms with Crippen molar-refractivity contribution in [2.45, 2.75) is 32.9 Å². The number of fused-ring (bicyclic) bond motifs is 1. The minimum Gasteiger partial charge on any atom is -0.508 e. The van der Waals surface area contributed by atoms with Crippen LogP contribution in [0.5, 0.6) is 5.75 Å². The summed E-state index contributed by atoms with van der Waals surface area (Å²) >= 11 is 1.74. The molecule has 0 unspecified atom stereocenters. The number of benzene rings is 2. The van der Waals surface area contributed by atoms with Crippen LogP contribution in [-0.4, -0.2) is 5.11 Å². The maximum absolute atomic E-state index is 12.1. The van der Waals surface area contributed by atoms with Crippen LogP contribution in [-0.2, 0) is 13.0 Å². The lowest BCUT2D eigenvalue weighted by Gasteiger charge is -2.16. The molecule has 5 heteroatoms. The highest BCUT2D eigenvalue weighted by atomic mass is 32.1. The Morgan fingerprint density at radius 2 is 1.90 bits per heavy atom. The van der Waals surface area contributed by atoms with E-state index < -0.39 is 5.63 Å². The van der Waals surface area contributed by atoms with Crippen LogP contribution in [0.4, 0.5) is 0 Å². The molecule has 4 nitrogen and oxygen atoms in total. The third-order valence-corrected chi connectivity index (χ3v) is 6.23. The Balaban J connectivity index is 1.71. The highest BCUT2D eigenvalue weighted by molar-refractivity contribution is 7.10. The zero-order chi connectivity index (χ0) is 20.4. The first-order valence-electron chi connectivity index (χ1n) is 9.77. The van der Waals surface area contributed by atoms with E-state index in [0.29, 0.717) is 18.5 Å². The van der Waals surface area contributed by atoms with Gasteiger partial charge < -0.3 is 14.8 Å². The first-order valence-corrected chi connectivity index (χ1v) is 10.6. The maximum atomic E-state index is 12.1. The number of aromatic hydroxyl groups is 1. The summed E-state index contributed by atoms with van der Waals surface area (Å²) in [6.45, 7) is 4.71. The molecule has 0 saturated carbocycles. The van der Waals surface area contributed by atoms with Gasteiger partial charge in [-0.15, -0.1) is 11.3 Å². The largest absolute Gasteiger partial charge is 0.508 e. The minimum absolute atomic E-state index is 0.153. The van der Waals surface area contributed by atoms with Gasteiger partial charge in [-0.05, 0) is 36.4 Å². The highest BCUT2D eigenvalue weighted by Gasteiger charge is 2.20. The zero-order valence-corrected chi connectivity index (χ0v) is 17.3. The van der Waals surface area contributed by atoms with Gasteiger partial charge >= 0.3 is 5.63 Å². The van der Waals surface area contributed by atoms with E-state index in [0.717, 1.165) is 16.5 Å². The lowest BCUT2D eigenvalue weighted by atomic mass is 10.0. The molecule has 2 heterocycles. The Hall–Kier alpha value is -2.89. The van der Waals surface area contributed by atoms with Gasteiger partial charge in [0, 0.05) is 28.6 Å². The van der Waals surface area contributed by atoms with Gasteiger partial charge in [-0.3, -0.25) is 0 Å². The summed E-state index contributed by atoms with van der Waals surface area (Å²) in [4.78, 5) is 13.4. The number of hydrogen-bond acceptors (Lipinski definition) is 4. The lowest BCUT2D eigenvalue weighted by molar-refractivity contribution is -0.701. The van der Waals surface area contributed by atoms with Crippen molar-refractivity contribution in [1.29, 1.82) is 0 Å². The SMILES string of the molecule is CCc1cc2c(C[NH2+][C@@H](c3ccc(C)cc3)c3cccs3)cc(=O)oc2cc1O. The van der Waals surface area contributed by atoms with E-state index in [4.69, 9.17) is 4.42 Å². The second-order valence-electron chi connectivity index (χ2n) is 7.26. The van der Waals surface area contributed by atoms with Crippen molar-refractivity contribution in [3.63, 3.8) is 0 Å². The molecule has 0 amide bonds. The van der Waals surface area contributed by atoms with E-state index in [-0.39, 0.29) is 11.8 Å². The summed E-state index contributed by atoms with van der Waals surface area (Å²) in [6, 6.07) is 18.0. The fourth-order valence-electron chi connectivity index (χ4n) is 3.66. The Bertz CT molecular complexity index is 1180. The average molecular weight is 407 g/mol. The molecule has 29 heavy (non-hydrogen) atoms. The van der Waals surface area contributed by atoms with Crippen LogP contribution in [0.25, 0.3) is 11.0 Å². The third-order valence-electron chi connectivity index (χ3n) is 5.27. The van der Waals surface area contributed by atoms with Gasteiger partial charge in [0.25, 0.3) is 0 Å². The molecule has 4 aromatic rings. The molecule has 0 aliphatic heterocycles. The summed E-state index contributed by atoms with van der Waals surface area (Å²) < 4.78 is 5.33. The summed E-state index contributed by atoms with van der Waals surface area (Å²) in [5, 5.41) is 15.4. The zero-order valence-electron chi connectivity index (χ0n) is 16.5. The summed E-state index contributed by atoms with van der Waals surface area (Å²) in [5.74, 6) is 0.167. The van der Waals surface area contributed by atoms with Gasteiger partial charge in [0.15, 0.2) is 0 Å². The van der Waals surface area contributed by atoms with Gasteiger partial charge in [0.2, 0.25) is 0 Å². The maximum Gasteiger partial charge on any atom is 0.336 e. The van der Waals surface area contributed by atoms with Crippen molar-refractivity contribution in [2.75, 3.05) is 0 Å². The summed E-state index contributed by atoms with van der Waals surface area (Å²) in [6.07, 6.45) is 0.714. The van der Waals surface area contributed by atoms with Crippen molar-refractivity contribution >= 4 is 22.3 Å². The summed E-state index contributed by atoms with van der Waals surface area (Å²) in [7, 11) is 0. The fraction of sp³-hybridized carbons (Fsp3) is 0.208. The van der Waals surface area contributed by atoms with Gasteiger partial charge in [0.05, 0.1) is 4.88 Å². The standard InChI is InChI=1S/C24H23NO3S/c1-3-16-11-19-18(12-23(27)28-21(19)13-20(16)26)14-25-24(22-5-4-10-29-22)17-8-6-15(2)7-9-17/h4-13,24-26H,3,14H2,1-2H3/p+1/t24-/m0/s1. The Kier molecular flexibility index (Phi) is 5.51. The van der Waals surface area contributed by atoms with E-state index in [2.05, 4.69) is 54.0 Å². The van der Waals surface area contributed by atoms with Crippen molar-refractivity contribution in [2.24, 2.45) is 0 Å². The molecule has 0 fully saturated rings. The molecular weight excluding hydrogens is 382 g/mol. The van der Waals surface area contributed by atoms with E-state index in [1.165, 1.54) is 16.0 Å². The van der Waals surface area contributed by atoms with E-state index in [9.17, 15) is 9.90 Å². The van der Waals surface area contributed by atoms with Gasteiger partial charge in [-0.2, -0.15) is 0 Å². The normalized spacial score (nSPS) is 12.3. The monoisotopic (exact) mass is 406 g/mol. The van der Waals surface area contributed by atoms with Gasteiger partial charge in [-0.1, -0.05) is 42.8 Å². The van der Waals surface area contributed by atoms with Crippen molar-refractivity contribution in [1.82, 2.24) is 0 Å². The van der Waals surface area contributed by atoms with Crippen LogP contribution in [0.2, 0.25) is 0 Å². The molecule has 2 aromatic heterocycles. The number of phenolic OH excluding ortho intramolecular Hbond substituents is 1. The Labute approximate surface area is 173 Å². The Morgan fingerprint density at radius 3 is 2.59 bits per heavy atom. The molecule has 1 atom stereocenters. The first kappa shape index (κ1) is 19.4. The molecule has 0 bridgehead atoms. The molecule has 0 aliphatic rings. The van der Waals surface area contributed by atoms with Crippen LogP contribution in [0, 0.1) is 6.92 Å². The Morgan fingerprint density at radius 1 is 1.10 bits per heavy atom. The minimum atomic E-state index is -0.396. The topological polar surface area (TPSA) is 67.0 Å². The molecule has 148 valence electrons. The quantitative estimate of drug-likeness (QED) is 0.470. The van der Waals surface area contributed by atoms with Crippen molar-refractivity contribution < 1.29 is 14.8 Å². The van der Waals surface area contributed by atoms with Crippen molar-refractivity contribution in [3.8, 4) is 5.75 Å². The van der Waals surface area contributed by atoms with Crippen LogP contribution in [0.15, 0.2) is 69.2 Å². The van der Waals surface area contributed by atoms with E-state index in [1.54, 1.807) is 23.5 Å². The number of nitrogens with two attached hydrogens (primary N) is 1.